The molecule has 10 heteroatoms. The molecule has 1 amide bonds. The highest BCUT2D eigenvalue weighted by Gasteiger charge is 2.34. The molecule has 2 unspecified atom stereocenters. The lowest BCUT2D eigenvalue weighted by atomic mass is 9.83. The van der Waals surface area contributed by atoms with Crippen molar-refractivity contribution in [2.75, 3.05) is 33.4 Å². The molecule has 1 aromatic heterocycles. The van der Waals surface area contributed by atoms with Crippen LogP contribution in [0.25, 0.3) is 10.9 Å². The van der Waals surface area contributed by atoms with Crippen LogP contribution in [0, 0.1) is 12.8 Å². The number of methoxy groups -OCH3 is 1. The second-order valence-electron chi connectivity index (χ2n) is 12.6. The van der Waals surface area contributed by atoms with Crippen LogP contribution < -0.4 is 14.8 Å². The van der Waals surface area contributed by atoms with Crippen LogP contribution in [-0.4, -0.2) is 65.7 Å². The summed E-state index contributed by atoms with van der Waals surface area (Å²) in [6.45, 7) is 7.54. The minimum Gasteiger partial charge on any atom is -0.497 e. The number of carboxylic acids is 1. The van der Waals surface area contributed by atoms with E-state index in [-0.39, 0.29) is 18.2 Å². The zero-order valence-corrected chi connectivity index (χ0v) is 28.6. The number of aliphatic carboxylic acids is 1. The third-order valence-electron chi connectivity index (χ3n) is 9.07. The minimum atomic E-state index is -1.07. The van der Waals surface area contributed by atoms with Gasteiger partial charge in [-0.2, -0.15) is 0 Å². The van der Waals surface area contributed by atoms with Crippen LogP contribution in [-0.2, 0) is 16.1 Å². The number of ether oxygens (including phenoxy) is 2. The Morgan fingerprint density at radius 1 is 0.979 bits per heavy atom. The highest BCUT2D eigenvalue weighted by molar-refractivity contribution is 6.30. The number of halogens is 1. The molecule has 9 nitrogen and oxygen atoms in total. The van der Waals surface area contributed by atoms with E-state index in [0.717, 1.165) is 25.4 Å². The molecule has 3 aromatic carbocycles. The van der Waals surface area contributed by atoms with Crippen molar-refractivity contribution in [2.24, 2.45) is 5.92 Å². The predicted octanol–water partition coefficient (Wildman–Crippen LogP) is 7.07. The van der Waals surface area contributed by atoms with Gasteiger partial charge in [0.05, 0.1) is 25.2 Å². The molecule has 2 N–H and O–H groups in total. The quantitative estimate of drug-likeness (QED) is 0.138. The number of nitrogens with one attached hydrogen (secondary N) is 1. The Labute approximate surface area is 286 Å². The molecule has 2 heterocycles. The molecule has 5 rings (SSSR count). The average molecular weight is 674 g/mol. The zero-order valence-electron chi connectivity index (χ0n) is 27.8. The smallest absolute Gasteiger partial charge is 0.311 e. The number of nitrogens with zero attached hydrogens (tertiary/aromatic N) is 2. The third kappa shape index (κ3) is 8.38. The summed E-state index contributed by atoms with van der Waals surface area (Å²) in [5.41, 5.74) is 3.18. The van der Waals surface area contributed by atoms with E-state index in [1.165, 1.54) is 36.5 Å². The maximum absolute atomic E-state index is 13.7. The number of piperidine rings is 1. The average Bonchev–Trinajstić information content (AvgIpc) is 3.35. The van der Waals surface area contributed by atoms with E-state index in [1.54, 1.807) is 56.3 Å². The lowest BCUT2D eigenvalue weighted by Crippen LogP contribution is -2.30. The van der Waals surface area contributed by atoms with E-state index in [0.29, 0.717) is 58.1 Å². The number of hydrogen-bond acceptors (Lipinski definition) is 6. The van der Waals surface area contributed by atoms with Gasteiger partial charge in [-0.25, -0.2) is 0 Å². The number of carbonyl (C=O) groups is 3. The van der Waals surface area contributed by atoms with Gasteiger partial charge in [-0.05, 0) is 111 Å². The molecule has 48 heavy (non-hydrogen) atoms. The van der Waals surface area contributed by atoms with Crippen molar-refractivity contribution in [3.8, 4) is 11.5 Å². The Morgan fingerprint density at radius 2 is 1.73 bits per heavy atom. The van der Waals surface area contributed by atoms with Gasteiger partial charge < -0.3 is 19.9 Å². The Balaban J connectivity index is 1.23. The van der Waals surface area contributed by atoms with Crippen LogP contribution in [0.4, 0.5) is 0 Å². The van der Waals surface area contributed by atoms with Gasteiger partial charge >= 0.3 is 5.97 Å². The van der Waals surface area contributed by atoms with Crippen molar-refractivity contribution in [1.29, 1.82) is 0 Å². The van der Waals surface area contributed by atoms with Crippen molar-refractivity contribution in [3.05, 3.63) is 94.1 Å². The number of carboxylic acid groups (broad SMARTS) is 1. The molecule has 2 atom stereocenters. The fraction of sp³-hybridized carbons (Fsp3) is 0.395. The molecular weight excluding hydrogens is 630 g/mol. The topological polar surface area (TPSA) is 110 Å². The Morgan fingerprint density at radius 3 is 2.44 bits per heavy atom. The molecule has 4 aromatic rings. The number of carbonyl (C=O) groups excluding carboxylic acids is 2. The summed E-state index contributed by atoms with van der Waals surface area (Å²) in [6, 6.07) is 20.0. The van der Waals surface area contributed by atoms with Crippen LogP contribution in [0.3, 0.4) is 0 Å². The highest BCUT2D eigenvalue weighted by Crippen LogP contribution is 2.39. The van der Waals surface area contributed by atoms with E-state index in [1.807, 2.05) is 12.1 Å². The number of fused-ring (bicyclic) bond motifs is 1. The van der Waals surface area contributed by atoms with E-state index >= 15 is 0 Å². The van der Waals surface area contributed by atoms with Crippen LogP contribution in [0.5, 0.6) is 11.5 Å². The molecule has 254 valence electrons. The van der Waals surface area contributed by atoms with Gasteiger partial charge in [0.2, 0.25) is 5.91 Å². The molecule has 0 radical (unpaired) electrons. The predicted molar refractivity (Wildman–Crippen MR) is 187 cm³/mol. The van der Waals surface area contributed by atoms with Gasteiger partial charge in [-0.15, -0.1) is 0 Å². The Hall–Kier alpha value is -4.34. The summed E-state index contributed by atoms with van der Waals surface area (Å²) in [7, 11) is 1.53. The lowest BCUT2D eigenvalue weighted by molar-refractivity contribution is -0.140. The first-order valence-electron chi connectivity index (χ1n) is 16.6. The summed E-state index contributed by atoms with van der Waals surface area (Å²) in [5.74, 6) is -1.90. The van der Waals surface area contributed by atoms with Crippen molar-refractivity contribution >= 4 is 40.3 Å². The largest absolute Gasteiger partial charge is 0.497 e. The maximum Gasteiger partial charge on any atom is 0.311 e. The first-order chi connectivity index (χ1) is 23.2. The van der Waals surface area contributed by atoms with E-state index in [9.17, 15) is 19.5 Å². The number of likely N-dealkylation sites (tertiary alicyclic amines) is 1. The molecule has 0 bridgehead atoms. The molecule has 0 spiro atoms. The van der Waals surface area contributed by atoms with Crippen LogP contribution in [0.15, 0.2) is 66.7 Å². The molecule has 0 saturated carbocycles. The number of benzene rings is 3. The van der Waals surface area contributed by atoms with Gasteiger partial charge in [0.25, 0.3) is 5.91 Å². The summed E-state index contributed by atoms with van der Waals surface area (Å²) >= 11 is 6.05. The lowest BCUT2D eigenvalue weighted by Gasteiger charge is -2.26. The number of aromatic nitrogens is 1. The third-order valence-corrected chi connectivity index (χ3v) is 9.33. The number of amides is 1. The SMILES string of the molecule is COc1ccc2c(c1)c(C(C(=O)O)C(C)CC(=O)NCCCOc1cccc(CN3CCCCC3)c1)c(C)n2C(=O)c1ccc(Cl)cc1. The molecule has 1 saturated heterocycles. The fourth-order valence-corrected chi connectivity index (χ4v) is 6.78. The number of rotatable bonds is 14. The van der Waals surface area contributed by atoms with Crippen LogP contribution in [0.2, 0.25) is 5.02 Å². The van der Waals surface area contributed by atoms with Crippen molar-refractivity contribution in [2.45, 2.75) is 58.4 Å². The fourth-order valence-electron chi connectivity index (χ4n) is 6.66. The van der Waals surface area contributed by atoms with Crippen molar-refractivity contribution in [3.63, 3.8) is 0 Å². The van der Waals surface area contributed by atoms with Crippen LogP contribution in [0.1, 0.15) is 72.1 Å². The molecular formula is C38H44ClN3O6. The summed E-state index contributed by atoms with van der Waals surface area (Å²) < 4.78 is 12.9. The Kier molecular flexibility index (Phi) is 11.8. The maximum atomic E-state index is 13.7. The van der Waals surface area contributed by atoms with E-state index < -0.39 is 17.8 Å². The highest BCUT2D eigenvalue weighted by atomic mass is 35.5. The summed E-state index contributed by atoms with van der Waals surface area (Å²) in [6.07, 6.45) is 4.42. The standard InChI is InChI=1S/C38H44ClN3O6/c1-25(21-34(43)40-17-8-20-48-31-10-7-9-27(22-31)24-41-18-5-4-6-19-41)35(38(45)46)36-26(2)42(33-16-15-30(47-3)23-32(33)36)37(44)28-11-13-29(39)14-12-28/h7,9-16,22-23,25,35H,4-6,8,17-21,24H2,1-3H3,(H,40,43)(H,45,46). The molecule has 1 aliphatic heterocycles. The monoisotopic (exact) mass is 673 g/mol. The summed E-state index contributed by atoms with van der Waals surface area (Å²) in [4.78, 5) is 42.1. The first kappa shape index (κ1) is 35.0. The van der Waals surface area contributed by atoms with E-state index in [2.05, 4.69) is 22.3 Å². The van der Waals surface area contributed by atoms with Gasteiger partial charge in [0.15, 0.2) is 0 Å². The van der Waals surface area contributed by atoms with Gasteiger partial charge in [0.1, 0.15) is 11.5 Å². The van der Waals surface area contributed by atoms with Gasteiger partial charge in [0, 0.05) is 41.2 Å². The second-order valence-corrected chi connectivity index (χ2v) is 13.0. The minimum absolute atomic E-state index is 0.00240. The van der Waals surface area contributed by atoms with Crippen molar-refractivity contribution < 1.29 is 29.0 Å². The molecule has 1 aliphatic rings. The Bertz CT molecular complexity index is 1750. The second kappa shape index (κ2) is 16.2. The van der Waals surface area contributed by atoms with Crippen molar-refractivity contribution in [1.82, 2.24) is 14.8 Å². The molecule has 0 aliphatic carbocycles. The first-order valence-corrected chi connectivity index (χ1v) is 17.0. The normalized spacial score (nSPS) is 14.8. The zero-order chi connectivity index (χ0) is 34.2. The van der Waals surface area contributed by atoms with Gasteiger partial charge in [-0.3, -0.25) is 23.9 Å². The molecule has 1 fully saturated rings. The van der Waals surface area contributed by atoms with Crippen LogP contribution >= 0.6 is 11.6 Å². The van der Waals surface area contributed by atoms with E-state index in [4.69, 9.17) is 21.1 Å². The summed E-state index contributed by atoms with van der Waals surface area (Å²) in [5, 5.41) is 14.5. The van der Waals surface area contributed by atoms with Gasteiger partial charge in [-0.1, -0.05) is 37.1 Å². The number of hydrogen-bond donors (Lipinski definition) is 2.